The molecule has 4 nitrogen and oxygen atoms in total. The highest BCUT2D eigenvalue weighted by atomic mass is 16.4. The normalized spacial score (nSPS) is 15.7. The molecule has 1 aliphatic rings. The minimum atomic E-state index is -0.0987. The minimum absolute atomic E-state index is 0.0987. The number of fused-ring (bicyclic) bond motifs is 1. The summed E-state index contributed by atoms with van der Waals surface area (Å²) in [6.45, 7) is 12.7. The van der Waals surface area contributed by atoms with Crippen LogP contribution in [0.25, 0.3) is 0 Å². The molecule has 0 N–H and O–H groups in total. The first-order chi connectivity index (χ1) is 18.1. The summed E-state index contributed by atoms with van der Waals surface area (Å²) in [5.74, 6) is 1.10. The van der Waals surface area contributed by atoms with E-state index in [9.17, 15) is 4.79 Å². The molecular weight excluding hydrogens is 470 g/mol. The molecule has 198 valence electrons. The van der Waals surface area contributed by atoms with Crippen LogP contribution in [0.2, 0.25) is 0 Å². The molecule has 0 atom stereocenters. The number of furan rings is 2. The van der Waals surface area contributed by atoms with E-state index in [2.05, 4.69) is 58.9 Å². The van der Waals surface area contributed by atoms with E-state index in [1.165, 1.54) is 40.7 Å². The van der Waals surface area contributed by atoms with Gasteiger partial charge in [0.15, 0.2) is 5.76 Å². The van der Waals surface area contributed by atoms with Crippen molar-refractivity contribution in [1.82, 2.24) is 4.90 Å². The summed E-state index contributed by atoms with van der Waals surface area (Å²) in [6, 6.07) is 20.7. The second-order valence-corrected chi connectivity index (χ2v) is 12.1. The van der Waals surface area contributed by atoms with Gasteiger partial charge in [0, 0.05) is 25.1 Å². The van der Waals surface area contributed by atoms with Crippen LogP contribution >= 0.6 is 0 Å². The SMILES string of the molecule is Cc1cc2c(cc1Cc1ccc(C(=O)N(CCc3ccccc3)Cc3ccoc3)o1)C(C)(C)CCC2(C)C. The molecule has 0 unspecified atom stereocenters. The van der Waals surface area contributed by atoms with Crippen LogP contribution in [-0.4, -0.2) is 17.4 Å². The van der Waals surface area contributed by atoms with Gasteiger partial charge in [0.05, 0.1) is 12.5 Å². The van der Waals surface area contributed by atoms with Crippen LogP contribution in [0.1, 0.15) is 90.2 Å². The van der Waals surface area contributed by atoms with Gasteiger partial charge in [-0.25, -0.2) is 0 Å². The maximum Gasteiger partial charge on any atom is 0.289 e. The summed E-state index contributed by atoms with van der Waals surface area (Å²) in [5.41, 5.74) is 7.98. The van der Waals surface area contributed by atoms with E-state index in [4.69, 9.17) is 8.83 Å². The second kappa shape index (κ2) is 10.3. The standard InChI is InChI=1S/C34H39NO3/c1-24-19-29-30(34(4,5)16-15-33(29,2)3)21-27(24)20-28-11-12-31(38-28)32(36)35(22-26-14-18-37-23-26)17-13-25-9-7-6-8-10-25/h6-12,14,18-19,21,23H,13,15-17,20,22H2,1-5H3. The van der Waals surface area contributed by atoms with Crippen molar-refractivity contribution >= 4 is 5.91 Å². The third-order valence-corrected chi connectivity index (χ3v) is 8.30. The Labute approximate surface area is 226 Å². The van der Waals surface area contributed by atoms with E-state index in [1.807, 2.05) is 41.3 Å². The van der Waals surface area contributed by atoms with Crippen molar-refractivity contribution in [3.05, 3.63) is 118 Å². The fraction of sp³-hybridized carbons (Fsp3) is 0.382. The highest BCUT2D eigenvalue weighted by Gasteiger charge is 2.37. The molecule has 4 aromatic rings. The highest BCUT2D eigenvalue weighted by Crippen LogP contribution is 2.46. The van der Waals surface area contributed by atoms with E-state index >= 15 is 0 Å². The number of hydrogen-bond acceptors (Lipinski definition) is 3. The largest absolute Gasteiger partial charge is 0.472 e. The molecule has 38 heavy (non-hydrogen) atoms. The molecule has 1 amide bonds. The molecule has 0 fully saturated rings. The summed E-state index contributed by atoms with van der Waals surface area (Å²) in [5, 5.41) is 0. The third kappa shape index (κ3) is 5.50. The smallest absolute Gasteiger partial charge is 0.289 e. The maximum atomic E-state index is 13.6. The van der Waals surface area contributed by atoms with E-state index in [1.54, 1.807) is 12.5 Å². The van der Waals surface area contributed by atoms with Crippen molar-refractivity contribution in [3.63, 3.8) is 0 Å². The van der Waals surface area contributed by atoms with Gasteiger partial charge in [0.1, 0.15) is 5.76 Å². The molecule has 0 aliphatic heterocycles. The number of rotatable bonds is 8. The van der Waals surface area contributed by atoms with Crippen LogP contribution in [0.5, 0.6) is 0 Å². The highest BCUT2D eigenvalue weighted by molar-refractivity contribution is 5.91. The average Bonchev–Trinajstić information content (AvgIpc) is 3.58. The van der Waals surface area contributed by atoms with Crippen molar-refractivity contribution in [3.8, 4) is 0 Å². The third-order valence-electron chi connectivity index (χ3n) is 8.30. The van der Waals surface area contributed by atoms with Gasteiger partial charge < -0.3 is 13.7 Å². The number of aryl methyl sites for hydroxylation is 1. The maximum absolute atomic E-state index is 13.6. The fourth-order valence-corrected chi connectivity index (χ4v) is 5.65. The number of hydrogen-bond donors (Lipinski definition) is 0. The van der Waals surface area contributed by atoms with Crippen LogP contribution in [0.4, 0.5) is 0 Å². The lowest BCUT2D eigenvalue weighted by Crippen LogP contribution is -2.34. The van der Waals surface area contributed by atoms with E-state index in [0.29, 0.717) is 25.3 Å². The molecule has 0 bridgehead atoms. The van der Waals surface area contributed by atoms with Crippen LogP contribution in [0, 0.1) is 6.92 Å². The molecule has 0 spiro atoms. The van der Waals surface area contributed by atoms with Gasteiger partial charge in [0.25, 0.3) is 5.91 Å². The molecule has 5 rings (SSSR count). The Morgan fingerprint density at radius 3 is 2.29 bits per heavy atom. The molecule has 4 heteroatoms. The van der Waals surface area contributed by atoms with Gasteiger partial charge in [-0.15, -0.1) is 0 Å². The topological polar surface area (TPSA) is 46.6 Å². The van der Waals surface area contributed by atoms with Crippen molar-refractivity contribution in [2.45, 2.75) is 77.7 Å². The van der Waals surface area contributed by atoms with Gasteiger partial charge >= 0.3 is 0 Å². The summed E-state index contributed by atoms with van der Waals surface area (Å²) in [4.78, 5) is 15.4. The van der Waals surface area contributed by atoms with E-state index in [0.717, 1.165) is 17.7 Å². The van der Waals surface area contributed by atoms with Gasteiger partial charge in [-0.05, 0) is 83.0 Å². The van der Waals surface area contributed by atoms with Gasteiger partial charge in [0.2, 0.25) is 0 Å². The zero-order valence-electron chi connectivity index (χ0n) is 23.3. The lowest BCUT2D eigenvalue weighted by Gasteiger charge is -2.42. The lowest BCUT2D eigenvalue weighted by molar-refractivity contribution is 0.0711. The first kappa shape index (κ1) is 26.1. The number of carbonyl (C=O) groups excluding carboxylic acids is 1. The summed E-state index contributed by atoms with van der Waals surface area (Å²) in [7, 11) is 0. The Kier molecular flexibility index (Phi) is 7.09. The molecule has 2 aromatic heterocycles. The Morgan fingerprint density at radius 2 is 1.61 bits per heavy atom. The number of carbonyl (C=O) groups is 1. The molecule has 0 saturated heterocycles. The lowest BCUT2D eigenvalue weighted by atomic mass is 9.62. The zero-order chi connectivity index (χ0) is 26.9. The monoisotopic (exact) mass is 509 g/mol. The Bertz CT molecular complexity index is 1390. The van der Waals surface area contributed by atoms with Crippen LogP contribution in [0.15, 0.2) is 82.0 Å². The molecule has 0 radical (unpaired) electrons. The van der Waals surface area contributed by atoms with Crippen LogP contribution in [-0.2, 0) is 30.2 Å². The van der Waals surface area contributed by atoms with Crippen LogP contribution < -0.4 is 0 Å². The van der Waals surface area contributed by atoms with Gasteiger partial charge in [-0.3, -0.25) is 4.79 Å². The molecular formula is C34H39NO3. The molecule has 0 saturated carbocycles. The van der Waals surface area contributed by atoms with Gasteiger partial charge in [-0.1, -0.05) is 70.2 Å². The summed E-state index contributed by atoms with van der Waals surface area (Å²) < 4.78 is 11.4. The van der Waals surface area contributed by atoms with Crippen LogP contribution in [0.3, 0.4) is 0 Å². The van der Waals surface area contributed by atoms with Crippen molar-refractivity contribution < 1.29 is 13.6 Å². The molecule has 1 aliphatic carbocycles. The first-order valence-electron chi connectivity index (χ1n) is 13.7. The predicted octanol–water partition coefficient (Wildman–Crippen LogP) is 8.01. The van der Waals surface area contributed by atoms with Gasteiger partial charge in [-0.2, -0.15) is 0 Å². The van der Waals surface area contributed by atoms with E-state index in [-0.39, 0.29) is 16.7 Å². The van der Waals surface area contributed by atoms with E-state index < -0.39 is 0 Å². The zero-order valence-corrected chi connectivity index (χ0v) is 23.3. The molecule has 2 aromatic carbocycles. The molecule has 2 heterocycles. The number of nitrogens with zero attached hydrogens (tertiary/aromatic N) is 1. The Morgan fingerprint density at radius 1 is 0.895 bits per heavy atom. The van der Waals surface area contributed by atoms with Crippen molar-refractivity contribution in [2.24, 2.45) is 0 Å². The Balaban J connectivity index is 1.36. The predicted molar refractivity (Wildman–Crippen MR) is 152 cm³/mol. The quantitative estimate of drug-likeness (QED) is 0.242. The first-order valence-corrected chi connectivity index (χ1v) is 13.7. The minimum Gasteiger partial charge on any atom is -0.472 e. The number of amides is 1. The van der Waals surface area contributed by atoms with Crippen molar-refractivity contribution in [2.75, 3.05) is 6.54 Å². The summed E-state index contributed by atoms with van der Waals surface area (Å²) >= 11 is 0. The van der Waals surface area contributed by atoms with Crippen molar-refractivity contribution in [1.29, 1.82) is 0 Å². The fourth-order valence-electron chi connectivity index (χ4n) is 5.65. The average molecular weight is 510 g/mol. The number of benzene rings is 2. The Hall–Kier alpha value is -3.53. The second-order valence-electron chi connectivity index (χ2n) is 12.1. The summed E-state index contributed by atoms with van der Waals surface area (Å²) in [6.07, 6.45) is 7.17.